The SMILES string of the molecule is Cc1ccc(C(=O)NC(C(=O)N2CCN(CC(C)C)CC2)C(C)C)cc1. The van der Waals surface area contributed by atoms with Crippen LogP contribution in [0.25, 0.3) is 0 Å². The monoisotopic (exact) mass is 359 g/mol. The molecule has 1 aliphatic rings. The quantitative estimate of drug-likeness (QED) is 0.849. The lowest BCUT2D eigenvalue weighted by molar-refractivity contribution is -0.136. The minimum absolute atomic E-state index is 0.0321. The number of nitrogens with zero attached hydrogens (tertiary/aromatic N) is 2. The Morgan fingerprint density at radius 3 is 2.08 bits per heavy atom. The Labute approximate surface area is 157 Å². The summed E-state index contributed by atoms with van der Waals surface area (Å²) in [5.74, 6) is 0.528. The molecular formula is C21H33N3O2. The average molecular weight is 360 g/mol. The summed E-state index contributed by atoms with van der Waals surface area (Å²) < 4.78 is 0. The third kappa shape index (κ3) is 5.56. The van der Waals surface area contributed by atoms with Crippen molar-refractivity contribution in [1.82, 2.24) is 15.1 Å². The number of benzene rings is 1. The molecule has 26 heavy (non-hydrogen) atoms. The number of hydrogen-bond donors (Lipinski definition) is 1. The topological polar surface area (TPSA) is 52.7 Å². The second-order valence-electron chi connectivity index (χ2n) is 8.08. The van der Waals surface area contributed by atoms with Crippen LogP contribution >= 0.6 is 0 Å². The van der Waals surface area contributed by atoms with Crippen molar-refractivity contribution in [2.75, 3.05) is 32.7 Å². The van der Waals surface area contributed by atoms with Crippen LogP contribution < -0.4 is 5.32 Å². The van der Waals surface area contributed by atoms with Crippen LogP contribution in [0.15, 0.2) is 24.3 Å². The van der Waals surface area contributed by atoms with Crippen molar-refractivity contribution in [3.8, 4) is 0 Å². The highest BCUT2D eigenvalue weighted by molar-refractivity contribution is 5.97. The van der Waals surface area contributed by atoms with E-state index in [0.29, 0.717) is 11.5 Å². The van der Waals surface area contributed by atoms with E-state index in [1.165, 1.54) is 0 Å². The summed E-state index contributed by atoms with van der Waals surface area (Å²) in [5, 5.41) is 2.95. The zero-order valence-electron chi connectivity index (χ0n) is 16.8. The fourth-order valence-corrected chi connectivity index (χ4v) is 3.31. The van der Waals surface area contributed by atoms with E-state index in [0.717, 1.165) is 38.3 Å². The molecule has 1 aromatic carbocycles. The zero-order chi connectivity index (χ0) is 19.3. The van der Waals surface area contributed by atoms with Crippen molar-refractivity contribution in [3.63, 3.8) is 0 Å². The summed E-state index contributed by atoms with van der Waals surface area (Å²) in [5.41, 5.74) is 1.70. The van der Waals surface area contributed by atoms with Gasteiger partial charge in [0, 0.05) is 38.3 Å². The molecule has 5 nitrogen and oxygen atoms in total. The summed E-state index contributed by atoms with van der Waals surface area (Å²) in [6, 6.07) is 6.94. The molecule has 5 heteroatoms. The van der Waals surface area contributed by atoms with E-state index >= 15 is 0 Å². The van der Waals surface area contributed by atoms with Crippen LogP contribution in [-0.2, 0) is 4.79 Å². The maximum Gasteiger partial charge on any atom is 0.251 e. The van der Waals surface area contributed by atoms with Crippen LogP contribution in [-0.4, -0.2) is 60.4 Å². The van der Waals surface area contributed by atoms with Gasteiger partial charge in [-0.25, -0.2) is 0 Å². The van der Waals surface area contributed by atoms with Gasteiger partial charge in [-0.2, -0.15) is 0 Å². The molecule has 1 unspecified atom stereocenters. The van der Waals surface area contributed by atoms with E-state index in [4.69, 9.17) is 0 Å². The number of hydrogen-bond acceptors (Lipinski definition) is 3. The third-order valence-corrected chi connectivity index (χ3v) is 4.84. The Kier molecular flexibility index (Phi) is 7.21. The highest BCUT2D eigenvalue weighted by Gasteiger charge is 2.30. The van der Waals surface area contributed by atoms with Crippen molar-refractivity contribution in [1.29, 1.82) is 0 Å². The maximum absolute atomic E-state index is 13.0. The van der Waals surface area contributed by atoms with Gasteiger partial charge in [-0.1, -0.05) is 45.4 Å². The second kappa shape index (κ2) is 9.17. The molecular weight excluding hydrogens is 326 g/mol. The van der Waals surface area contributed by atoms with Crippen LogP contribution in [0.1, 0.15) is 43.6 Å². The van der Waals surface area contributed by atoms with E-state index < -0.39 is 6.04 Å². The van der Waals surface area contributed by atoms with Crippen molar-refractivity contribution in [2.45, 2.75) is 40.7 Å². The summed E-state index contributed by atoms with van der Waals surface area (Å²) >= 11 is 0. The largest absolute Gasteiger partial charge is 0.340 e. The number of rotatable bonds is 6. The fourth-order valence-electron chi connectivity index (χ4n) is 3.31. The Morgan fingerprint density at radius 1 is 1.00 bits per heavy atom. The fraction of sp³-hybridized carbons (Fsp3) is 0.619. The minimum Gasteiger partial charge on any atom is -0.340 e. The van der Waals surface area contributed by atoms with Crippen molar-refractivity contribution < 1.29 is 9.59 Å². The number of nitrogens with one attached hydrogen (secondary N) is 1. The van der Waals surface area contributed by atoms with Gasteiger partial charge in [-0.3, -0.25) is 14.5 Å². The lowest BCUT2D eigenvalue weighted by Crippen LogP contribution is -2.56. The molecule has 0 aromatic heterocycles. The molecule has 0 spiro atoms. The number of aryl methyl sites for hydroxylation is 1. The predicted octanol–water partition coefficient (Wildman–Crippen LogP) is 2.55. The molecule has 1 fully saturated rings. The molecule has 0 saturated carbocycles. The molecule has 1 heterocycles. The molecule has 0 aliphatic carbocycles. The summed E-state index contributed by atoms with van der Waals surface area (Å²) in [7, 11) is 0. The van der Waals surface area contributed by atoms with Gasteiger partial charge in [0.1, 0.15) is 6.04 Å². The Balaban J connectivity index is 1.97. The molecule has 1 aromatic rings. The van der Waals surface area contributed by atoms with Gasteiger partial charge in [0.25, 0.3) is 5.91 Å². The minimum atomic E-state index is -0.486. The summed E-state index contributed by atoms with van der Waals surface area (Å²) in [4.78, 5) is 29.8. The van der Waals surface area contributed by atoms with Gasteiger partial charge in [0.2, 0.25) is 5.91 Å². The van der Waals surface area contributed by atoms with Crippen LogP contribution in [0.3, 0.4) is 0 Å². The number of piperazine rings is 1. The first kappa shape index (κ1) is 20.4. The average Bonchev–Trinajstić information content (AvgIpc) is 2.59. The summed E-state index contributed by atoms with van der Waals surface area (Å²) in [6.07, 6.45) is 0. The van der Waals surface area contributed by atoms with Gasteiger partial charge in [-0.05, 0) is 30.9 Å². The second-order valence-corrected chi connectivity index (χ2v) is 8.08. The molecule has 1 saturated heterocycles. The highest BCUT2D eigenvalue weighted by Crippen LogP contribution is 2.12. The van der Waals surface area contributed by atoms with E-state index in [9.17, 15) is 9.59 Å². The number of carbonyl (C=O) groups is 2. The first-order valence-electron chi connectivity index (χ1n) is 9.66. The first-order chi connectivity index (χ1) is 12.3. The Hall–Kier alpha value is -1.88. The van der Waals surface area contributed by atoms with Crippen molar-refractivity contribution in [2.24, 2.45) is 11.8 Å². The Morgan fingerprint density at radius 2 is 1.58 bits per heavy atom. The van der Waals surface area contributed by atoms with Gasteiger partial charge in [-0.15, -0.1) is 0 Å². The molecule has 1 aliphatic heterocycles. The van der Waals surface area contributed by atoms with E-state index in [-0.39, 0.29) is 17.7 Å². The summed E-state index contributed by atoms with van der Waals surface area (Å²) in [6.45, 7) is 14.7. The van der Waals surface area contributed by atoms with Crippen LogP contribution in [0.5, 0.6) is 0 Å². The molecule has 0 radical (unpaired) electrons. The van der Waals surface area contributed by atoms with Crippen LogP contribution in [0, 0.1) is 18.8 Å². The van der Waals surface area contributed by atoms with Crippen LogP contribution in [0.4, 0.5) is 0 Å². The number of carbonyl (C=O) groups excluding carboxylic acids is 2. The van der Waals surface area contributed by atoms with Gasteiger partial charge >= 0.3 is 0 Å². The standard InChI is InChI=1S/C21H33N3O2/c1-15(2)14-23-10-12-24(13-11-23)21(26)19(16(3)4)22-20(25)18-8-6-17(5)7-9-18/h6-9,15-16,19H,10-14H2,1-5H3,(H,22,25). The normalized spacial score (nSPS) is 16.8. The third-order valence-electron chi connectivity index (χ3n) is 4.84. The number of amides is 2. The van der Waals surface area contributed by atoms with E-state index in [1.54, 1.807) is 12.1 Å². The predicted molar refractivity (Wildman–Crippen MR) is 105 cm³/mol. The van der Waals surface area contributed by atoms with E-state index in [1.807, 2.05) is 37.8 Å². The smallest absolute Gasteiger partial charge is 0.251 e. The lowest BCUT2D eigenvalue weighted by atomic mass is 10.0. The van der Waals surface area contributed by atoms with Gasteiger partial charge < -0.3 is 10.2 Å². The molecule has 1 N–H and O–H groups in total. The molecule has 2 rings (SSSR count). The zero-order valence-corrected chi connectivity index (χ0v) is 16.8. The first-order valence-corrected chi connectivity index (χ1v) is 9.66. The Bertz CT molecular complexity index is 602. The van der Waals surface area contributed by atoms with Gasteiger partial charge in [0.15, 0.2) is 0 Å². The molecule has 0 bridgehead atoms. The molecule has 1 atom stereocenters. The highest BCUT2D eigenvalue weighted by atomic mass is 16.2. The maximum atomic E-state index is 13.0. The van der Waals surface area contributed by atoms with E-state index in [2.05, 4.69) is 24.1 Å². The molecule has 2 amide bonds. The van der Waals surface area contributed by atoms with Crippen molar-refractivity contribution in [3.05, 3.63) is 35.4 Å². The van der Waals surface area contributed by atoms with Gasteiger partial charge in [0.05, 0.1) is 0 Å². The van der Waals surface area contributed by atoms with Crippen LogP contribution in [0.2, 0.25) is 0 Å². The molecule has 144 valence electrons. The van der Waals surface area contributed by atoms with Crippen molar-refractivity contribution >= 4 is 11.8 Å². The lowest BCUT2D eigenvalue weighted by Gasteiger charge is -2.37.